The van der Waals surface area contributed by atoms with Gasteiger partial charge in [0.1, 0.15) is 27.4 Å². The van der Waals surface area contributed by atoms with Crippen molar-refractivity contribution >= 4 is 55.2 Å². The summed E-state index contributed by atoms with van der Waals surface area (Å²) in [6.07, 6.45) is 0. The second kappa shape index (κ2) is 10.5. The fraction of sp³-hybridized carbons (Fsp3) is 0.0909. The number of thioether (sulfide) groups is 1. The number of fused-ring (bicyclic) bond motifs is 1. The molecule has 1 aliphatic heterocycles. The van der Waals surface area contributed by atoms with Gasteiger partial charge in [-0.25, -0.2) is 4.98 Å². The Hall–Kier alpha value is -4.31. The van der Waals surface area contributed by atoms with Gasteiger partial charge in [-0.05, 0) is 49.2 Å². The first kappa shape index (κ1) is 25.0. The third-order valence-corrected chi connectivity index (χ3v) is 8.89. The monoisotopic (exact) mass is 543 g/mol. The van der Waals surface area contributed by atoms with E-state index in [1.165, 1.54) is 11.1 Å². The molecule has 0 saturated carbocycles. The number of hydrogen-bond donors (Lipinski definition) is 0. The Balaban J connectivity index is 1.65. The van der Waals surface area contributed by atoms with Gasteiger partial charge in [-0.2, -0.15) is 5.26 Å². The van der Waals surface area contributed by atoms with Crippen LogP contribution < -0.4 is 9.64 Å². The van der Waals surface area contributed by atoms with Crippen molar-refractivity contribution in [3.05, 3.63) is 129 Å². The third-order valence-electron chi connectivity index (χ3n) is 6.62. The van der Waals surface area contributed by atoms with Crippen LogP contribution in [0.5, 0.6) is 5.75 Å². The van der Waals surface area contributed by atoms with Crippen LogP contribution in [-0.4, -0.2) is 12.1 Å². The number of nitrogens with zero attached hydrogens (tertiary/aromatic N) is 3. The Morgan fingerprint density at radius 1 is 0.846 bits per heavy atom. The molecular formula is C33H25N3OS2. The summed E-state index contributed by atoms with van der Waals surface area (Å²) < 4.78 is 6.66. The van der Waals surface area contributed by atoms with Gasteiger partial charge < -0.3 is 9.64 Å². The van der Waals surface area contributed by atoms with Crippen LogP contribution in [0.3, 0.4) is 0 Å². The fourth-order valence-electron chi connectivity index (χ4n) is 4.59. The minimum atomic E-state index is 0.552. The highest BCUT2D eigenvalue weighted by atomic mass is 32.2. The van der Waals surface area contributed by atoms with Crippen molar-refractivity contribution in [1.82, 2.24) is 4.98 Å². The summed E-state index contributed by atoms with van der Waals surface area (Å²) in [4.78, 5) is 8.14. The van der Waals surface area contributed by atoms with Gasteiger partial charge in [0.05, 0.1) is 28.7 Å². The molecular weight excluding hydrogens is 519 g/mol. The minimum Gasteiger partial charge on any atom is -0.497 e. The quantitative estimate of drug-likeness (QED) is 0.207. The number of hydrogen-bond acceptors (Lipinski definition) is 6. The molecule has 2 heterocycles. The van der Waals surface area contributed by atoms with Gasteiger partial charge in [-0.1, -0.05) is 89.6 Å². The first-order valence-corrected chi connectivity index (χ1v) is 14.2. The maximum Gasteiger partial charge on any atom is 0.137 e. The predicted octanol–water partition coefficient (Wildman–Crippen LogP) is 8.89. The van der Waals surface area contributed by atoms with E-state index in [1.54, 1.807) is 30.2 Å². The number of rotatable bonds is 5. The number of anilines is 1. The van der Waals surface area contributed by atoms with Crippen molar-refractivity contribution in [3.63, 3.8) is 0 Å². The van der Waals surface area contributed by atoms with Gasteiger partial charge in [-0.15, -0.1) is 11.3 Å². The number of methoxy groups -OCH3 is 1. The van der Waals surface area contributed by atoms with Gasteiger partial charge in [0.25, 0.3) is 0 Å². The summed E-state index contributed by atoms with van der Waals surface area (Å²) in [6.45, 7) is 4.18. The Morgan fingerprint density at radius 3 is 2.21 bits per heavy atom. The molecule has 0 bridgehead atoms. The molecule has 6 rings (SSSR count). The van der Waals surface area contributed by atoms with Crippen molar-refractivity contribution in [2.75, 3.05) is 12.0 Å². The second-order valence-corrected chi connectivity index (χ2v) is 11.4. The average molecular weight is 544 g/mol. The maximum absolute atomic E-state index is 10.6. The lowest BCUT2D eigenvalue weighted by Gasteiger charge is -2.25. The minimum absolute atomic E-state index is 0.552. The zero-order valence-corrected chi connectivity index (χ0v) is 23.4. The number of nitriles is 1. The molecule has 6 heteroatoms. The highest BCUT2D eigenvalue weighted by Gasteiger charge is 2.35. The first-order valence-electron chi connectivity index (χ1n) is 12.6. The van der Waals surface area contributed by atoms with Crippen LogP contribution >= 0.6 is 23.1 Å². The average Bonchev–Trinajstić information content (AvgIpc) is 3.57. The van der Waals surface area contributed by atoms with Gasteiger partial charge in [-0.3, -0.25) is 0 Å². The zero-order chi connectivity index (χ0) is 26.9. The Labute approximate surface area is 236 Å². The largest absolute Gasteiger partial charge is 0.497 e. The van der Waals surface area contributed by atoms with Crippen LogP contribution in [0.15, 0.2) is 102 Å². The van der Waals surface area contributed by atoms with E-state index in [-0.39, 0.29) is 0 Å². The molecule has 0 saturated heterocycles. The number of thiazole rings is 1. The highest BCUT2D eigenvalue weighted by Crippen LogP contribution is 2.55. The molecule has 0 aliphatic carbocycles. The molecule has 0 spiro atoms. The molecule has 0 N–H and O–H groups in total. The molecule has 1 aromatic heterocycles. The molecule has 0 fully saturated rings. The third kappa shape index (κ3) is 4.72. The SMILES string of the molecule is COc1cccc(N2C(c3ccc(C)cc3)=C(c3ccc(C)cc3)S/C2=C(/C#N)c2nc3ccccc3s2)c1. The van der Waals surface area contributed by atoms with E-state index in [0.717, 1.165) is 48.4 Å². The Morgan fingerprint density at radius 2 is 1.54 bits per heavy atom. The van der Waals surface area contributed by atoms with Crippen LogP contribution in [-0.2, 0) is 0 Å². The number of para-hydroxylation sites is 1. The van der Waals surface area contributed by atoms with E-state index in [2.05, 4.69) is 79.4 Å². The standard InChI is InChI=1S/C33H25N3OS2/c1-21-11-15-23(16-12-21)30-31(24-17-13-22(2)14-18-24)39-33(36(30)25-7-6-8-26(19-25)37-3)27(20-34)32-35-28-9-4-5-10-29(28)38-32/h4-19H,1-3H3/b33-27-. The molecule has 4 nitrogen and oxygen atoms in total. The summed E-state index contributed by atoms with van der Waals surface area (Å²) in [7, 11) is 1.67. The van der Waals surface area contributed by atoms with E-state index in [1.807, 2.05) is 42.5 Å². The van der Waals surface area contributed by atoms with Crippen LogP contribution in [0.25, 0.3) is 26.4 Å². The van der Waals surface area contributed by atoms with Crippen LogP contribution in [0.1, 0.15) is 27.3 Å². The van der Waals surface area contributed by atoms with Crippen molar-refractivity contribution in [3.8, 4) is 11.8 Å². The summed E-state index contributed by atoms with van der Waals surface area (Å²) in [5.74, 6) is 0.752. The van der Waals surface area contributed by atoms with Crippen molar-refractivity contribution in [1.29, 1.82) is 5.26 Å². The molecule has 1 aliphatic rings. The lowest BCUT2D eigenvalue weighted by atomic mass is 10.0. The number of aromatic nitrogens is 1. The molecule has 190 valence electrons. The van der Waals surface area contributed by atoms with Gasteiger partial charge >= 0.3 is 0 Å². The van der Waals surface area contributed by atoms with Crippen molar-refractivity contribution < 1.29 is 4.74 Å². The molecule has 0 amide bonds. The van der Waals surface area contributed by atoms with E-state index in [4.69, 9.17) is 9.72 Å². The summed E-state index contributed by atoms with van der Waals surface area (Å²) in [5, 5.41) is 12.1. The van der Waals surface area contributed by atoms with Crippen LogP contribution in [0.2, 0.25) is 0 Å². The summed E-state index contributed by atoms with van der Waals surface area (Å²) in [5.41, 5.74) is 7.96. The van der Waals surface area contributed by atoms with Crippen LogP contribution in [0, 0.1) is 25.2 Å². The summed E-state index contributed by atoms with van der Waals surface area (Å²) in [6, 6.07) is 35.7. The van der Waals surface area contributed by atoms with Crippen LogP contribution in [0.4, 0.5) is 5.69 Å². The van der Waals surface area contributed by atoms with Gasteiger partial charge in [0, 0.05) is 11.0 Å². The molecule has 39 heavy (non-hydrogen) atoms. The molecule has 0 radical (unpaired) electrons. The molecule has 0 unspecified atom stereocenters. The smallest absolute Gasteiger partial charge is 0.137 e. The lowest BCUT2D eigenvalue weighted by Crippen LogP contribution is -2.17. The molecule has 0 atom stereocenters. The highest BCUT2D eigenvalue weighted by molar-refractivity contribution is 8.12. The zero-order valence-electron chi connectivity index (χ0n) is 21.8. The van der Waals surface area contributed by atoms with E-state index in [9.17, 15) is 5.26 Å². The Bertz CT molecular complexity index is 1760. The second-order valence-electron chi connectivity index (χ2n) is 9.33. The summed E-state index contributed by atoms with van der Waals surface area (Å²) >= 11 is 3.16. The fourth-order valence-corrected chi connectivity index (χ4v) is 6.90. The van der Waals surface area contributed by atoms with Crippen molar-refractivity contribution in [2.45, 2.75) is 13.8 Å². The number of ether oxygens (including phenoxy) is 1. The molecule has 5 aromatic rings. The predicted molar refractivity (Wildman–Crippen MR) is 164 cm³/mol. The normalized spacial score (nSPS) is 14.6. The van der Waals surface area contributed by atoms with Crippen molar-refractivity contribution in [2.24, 2.45) is 0 Å². The number of benzene rings is 4. The van der Waals surface area contributed by atoms with Gasteiger partial charge in [0.15, 0.2) is 0 Å². The number of aryl methyl sites for hydroxylation is 2. The van der Waals surface area contributed by atoms with Gasteiger partial charge in [0.2, 0.25) is 0 Å². The van der Waals surface area contributed by atoms with E-state index in [0.29, 0.717) is 10.6 Å². The Kier molecular flexibility index (Phi) is 6.70. The lowest BCUT2D eigenvalue weighted by molar-refractivity contribution is 0.415. The molecule has 4 aromatic carbocycles. The number of allylic oxidation sites excluding steroid dienone is 1. The van der Waals surface area contributed by atoms with E-state index < -0.39 is 0 Å². The van der Waals surface area contributed by atoms with E-state index >= 15 is 0 Å². The topological polar surface area (TPSA) is 49.1 Å². The maximum atomic E-state index is 10.6. The first-order chi connectivity index (χ1) is 19.1.